The lowest BCUT2D eigenvalue weighted by Gasteiger charge is -2.32. The second-order valence-corrected chi connectivity index (χ2v) is 6.22. The van der Waals surface area contributed by atoms with Gasteiger partial charge in [0.15, 0.2) is 0 Å². The van der Waals surface area contributed by atoms with Gasteiger partial charge in [-0.15, -0.1) is 0 Å². The largest absolute Gasteiger partial charge is 0.293 e. The lowest BCUT2D eigenvalue weighted by atomic mass is 10.0. The lowest BCUT2D eigenvalue weighted by molar-refractivity contribution is 0.146. The molecule has 0 saturated carbocycles. The Morgan fingerprint density at radius 2 is 2.19 bits per heavy atom. The summed E-state index contributed by atoms with van der Waals surface area (Å²) in [5.41, 5.74) is 1.15. The van der Waals surface area contributed by atoms with Gasteiger partial charge in [0.05, 0.1) is 13.1 Å². The molecule has 4 nitrogen and oxygen atoms in total. The van der Waals surface area contributed by atoms with E-state index in [0.29, 0.717) is 6.04 Å². The normalized spacial score (nSPS) is 19.8. The fourth-order valence-electron chi connectivity index (χ4n) is 2.93. The van der Waals surface area contributed by atoms with E-state index in [9.17, 15) is 0 Å². The molecule has 0 N–H and O–H groups in total. The molecule has 112 valence electrons. The maximum absolute atomic E-state index is 6.05. The van der Waals surface area contributed by atoms with Crippen molar-refractivity contribution < 1.29 is 0 Å². The molecular weight excluding hydrogens is 284 g/mol. The molecule has 1 aliphatic rings. The van der Waals surface area contributed by atoms with Crippen molar-refractivity contribution in [1.82, 2.24) is 19.7 Å². The molecule has 1 fully saturated rings. The predicted molar refractivity (Wildman–Crippen MR) is 84.3 cm³/mol. The molecule has 1 aromatic heterocycles. The van der Waals surface area contributed by atoms with Crippen LogP contribution in [-0.2, 0) is 13.1 Å². The van der Waals surface area contributed by atoms with Crippen LogP contribution in [0.2, 0.25) is 5.02 Å². The van der Waals surface area contributed by atoms with Crippen LogP contribution in [0, 0.1) is 0 Å². The molecule has 0 bridgehead atoms. The quantitative estimate of drug-likeness (QED) is 0.868. The average Bonchev–Trinajstić information content (AvgIpc) is 2.89. The Balaban J connectivity index is 1.71. The second-order valence-electron chi connectivity index (χ2n) is 5.78. The van der Waals surface area contributed by atoms with Crippen molar-refractivity contribution in [3.63, 3.8) is 0 Å². The van der Waals surface area contributed by atoms with Crippen molar-refractivity contribution in [2.75, 3.05) is 6.54 Å². The zero-order chi connectivity index (χ0) is 14.7. The van der Waals surface area contributed by atoms with Gasteiger partial charge in [0.2, 0.25) is 0 Å². The maximum Gasteiger partial charge on any atom is 0.141 e. The first-order valence-corrected chi connectivity index (χ1v) is 7.95. The topological polar surface area (TPSA) is 34.0 Å². The standard InChI is InChI=1S/C16H21ClN4/c1-13-5-2-3-8-20(13)11-16-18-12-19-21(16)10-14-6-4-7-15(17)9-14/h4,6-7,9,12-13H,2-3,5,8,10-11H2,1H3. The molecule has 1 unspecified atom stereocenters. The van der Waals surface area contributed by atoms with E-state index < -0.39 is 0 Å². The van der Waals surface area contributed by atoms with Gasteiger partial charge in [0.25, 0.3) is 0 Å². The third-order valence-corrected chi connectivity index (χ3v) is 4.44. The first-order valence-electron chi connectivity index (χ1n) is 7.57. The molecule has 1 aliphatic heterocycles. The molecule has 2 aromatic rings. The second kappa shape index (κ2) is 6.58. The highest BCUT2D eigenvalue weighted by atomic mass is 35.5. The molecule has 0 radical (unpaired) electrons. The van der Waals surface area contributed by atoms with E-state index in [4.69, 9.17) is 11.6 Å². The van der Waals surface area contributed by atoms with Gasteiger partial charge in [-0.2, -0.15) is 5.10 Å². The maximum atomic E-state index is 6.05. The first-order chi connectivity index (χ1) is 10.2. The Kier molecular flexibility index (Phi) is 4.56. The molecule has 1 aromatic carbocycles. The summed E-state index contributed by atoms with van der Waals surface area (Å²) in [6.45, 7) is 5.06. The third-order valence-electron chi connectivity index (χ3n) is 4.20. The van der Waals surface area contributed by atoms with Crippen LogP contribution in [0.4, 0.5) is 0 Å². The van der Waals surface area contributed by atoms with Crippen molar-refractivity contribution in [2.45, 2.75) is 45.3 Å². The van der Waals surface area contributed by atoms with E-state index in [1.165, 1.54) is 19.3 Å². The minimum absolute atomic E-state index is 0.634. The third kappa shape index (κ3) is 3.63. The van der Waals surface area contributed by atoms with Crippen LogP contribution < -0.4 is 0 Å². The van der Waals surface area contributed by atoms with Crippen LogP contribution in [0.15, 0.2) is 30.6 Å². The predicted octanol–water partition coefficient (Wildman–Crippen LogP) is 3.35. The summed E-state index contributed by atoms with van der Waals surface area (Å²) in [5, 5.41) is 5.13. The molecule has 1 saturated heterocycles. The summed E-state index contributed by atoms with van der Waals surface area (Å²) in [6.07, 6.45) is 5.55. The molecule has 1 atom stereocenters. The number of nitrogens with zero attached hydrogens (tertiary/aromatic N) is 4. The van der Waals surface area contributed by atoms with Crippen molar-refractivity contribution in [2.24, 2.45) is 0 Å². The van der Waals surface area contributed by atoms with Crippen LogP contribution in [0.5, 0.6) is 0 Å². The molecule has 21 heavy (non-hydrogen) atoms. The summed E-state index contributed by atoms with van der Waals surface area (Å²) in [4.78, 5) is 6.94. The van der Waals surface area contributed by atoms with E-state index in [1.54, 1.807) is 6.33 Å². The minimum atomic E-state index is 0.634. The average molecular weight is 305 g/mol. The summed E-state index contributed by atoms with van der Waals surface area (Å²) in [7, 11) is 0. The van der Waals surface area contributed by atoms with Gasteiger partial charge in [0.1, 0.15) is 12.2 Å². The van der Waals surface area contributed by atoms with Gasteiger partial charge < -0.3 is 0 Å². The molecular formula is C16H21ClN4. The fourth-order valence-corrected chi connectivity index (χ4v) is 3.14. The smallest absolute Gasteiger partial charge is 0.141 e. The van der Waals surface area contributed by atoms with Gasteiger partial charge in [-0.3, -0.25) is 4.90 Å². The van der Waals surface area contributed by atoms with Crippen LogP contribution in [-0.4, -0.2) is 32.3 Å². The number of hydrogen-bond acceptors (Lipinski definition) is 3. The van der Waals surface area contributed by atoms with E-state index in [0.717, 1.165) is 36.0 Å². The number of rotatable bonds is 4. The zero-order valence-electron chi connectivity index (χ0n) is 12.4. The van der Waals surface area contributed by atoms with Crippen molar-refractivity contribution in [1.29, 1.82) is 0 Å². The Hall–Kier alpha value is -1.39. The van der Waals surface area contributed by atoms with Gasteiger partial charge >= 0.3 is 0 Å². The van der Waals surface area contributed by atoms with Crippen LogP contribution in [0.3, 0.4) is 0 Å². The van der Waals surface area contributed by atoms with Crippen molar-refractivity contribution >= 4 is 11.6 Å². The lowest BCUT2D eigenvalue weighted by Crippen LogP contribution is -2.37. The van der Waals surface area contributed by atoms with Gasteiger partial charge in [0, 0.05) is 11.1 Å². The first kappa shape index (κ1) is 14.5. The summed E-state index contributed by atoms with van der Waals surface area (Å²) in [6, 6.07) is 8.55. The Morgan fingerprint density at radius 3 is 3.00 bits per heavy atom. The summed E-state index contributed by atoms with van der Waals surface area (Å²) < 4.78 is 1.98. The molecule has 2 heterocycles. The van der Waals surface area contributed by atoms with Crippen molar-refractivity contribution in [3.05, 3.63) is 47.0 Å². The summed E-state index contributed by atoms with van der Waals surface area (Å²) >= 11 is 6.05. The van der Waals surface area contributed by atoms with Gasteiger partial charge in [-0.1, -0.05) is 30.2 Å². The Labute approximate surface area is 130 Å². The molecule has 0 aliphatic carbocycles. The highest BCUT2D eigenvalue weighted by molar-refractivity contribution is 6.30. The zero-order valence-corrected chi connectivity index (χ0v) is 13.1. The number of likely N-dealkylation sites (tertiary alicyclic amines) is 1. The monoisotopic (exact) mass is 304 g/mol. The fraction of sp³-hybridized carbons (Fsp3) is 0.500. The molecule has 0 spiro atoms. The Bertz CT molecular complexity index is 595. The highest BCUT2D eigenvalue weighted by Crippen LogP contribution is 2.19. The molecule has 0 amide bonds. The number of hydrogen-bond donors (Lipinski definition) is 0. The number of benzene rings is 1. The van der Waals surface area contributed by atoms with Gasteiger partial charge in [-0.05, 0) is 44.0 Å². The number of aromatic nitrogens is 3. The molecule has 5 heteroatoms. The van der Waals surface area contributed by atoms with E-state index in [1.807, 2.05) is 22.9 Å². The SMILES string of the molecule is CC1CCCCN1Cc1ncnn1Cc1cccc(Cl)c1. The van der Waals surface area contributed by atoms with E-state index in [-0.39, 0.29) is 0 Å². The summed E-state index contributed by atoms with van der Waals surface area (Å²) in [5.74, 6) is 1.03. The van der Waals surface area contributed by atoms with Crippen LogP contribution >= 0.6 is 11.6 Å². The Morgan fingerprint density at radius 1 is 1.29 bits per heavy atom. The molecule has 3 rings (SSSR count). The highest BCUT2D eigenvalue weighted by Gasteiger charge is 2.20. The van der Waals surface area contributed by atoms with Crippen LogP contribution in [0.25, 0.3) is 0 Å². The van der Waals surface area contributed by atoms with E-state index in [2.05, 4.69) is 28.0 Å². The van der Waals surface area contributed by atoms with E-state index >= 15 is 0 Å². The van der Waals surface area contributed by atoms with Crippen molar-refractivity contribution in [3.8, 4) is 0 Å². The number of halogens is 1. The number of piperidine rings is 1. The van der Waals surface area contributed by atoms with Crippen LogP contribution in [0.1, 0.15) is 37.6 Å². The van der Waals surface area contributed by atoms with Gasteiger partial charge in [-0.25, -0.2) is 9.67 Å². The minimum Gasteiger partial charge on any atom is -0.293 e.